The molecule has 1 amide bonds. The second-order valence-corrected chi connectivity index (χ2v) is 6.48. The number of carbonyl (C=O) groups excluding carboxylic acids is 2. The highest BCUT2D eigenvalue weighted by Crippen LogP contribution is 2.42. The van der Waals surface area contributed by atoms with Crippen LogP contribution in [0.3, 0.4) is 0 Å². The van der Waals surface area contributed by atoms with Crippen molar-refractivity contribution in [1.82, 2.24) is 14.5 Å². The van der Waals surface area contributed by atoms with Crippen LogP contribution in [0.15, 0.2) is 48.3 Å². The van der Waals surface area contributed by atoms with E-state index in [1.165, 1.54) is 18.9 Å². The summed E-state index contributed by atoms with van der Waals surface area (Å²) in [5.74, 6) is -0.345. The molecule has 2 aromatic rings. The van der Waals surface area contributed by atoms with Crippen molar-refractivity contribution in [3.05, 3.63) is 53.8 Å². The lowest BCUT2D eigenvalue weighted by molar-refractivity contribution is -0.129. The van der Waals surface area contributed by atoms with Crippen LogP contribution in [0.2, 0.25) is 0 Å². The van der Waals surface area contributed by atoms with Gasteiger partial charge < -0.3 is 24.0 Å². The SMILES string of the molecule is COc1ccc(C2C(C(C)=O)=C(O)C(=O)N2CCCn2ccnc2)c(OC)c1. The topological polar surface area (TPSA) is 93.9 Å². The van der Waals surface area contributed by atoms with Crippen LogP contribution in [-0.4, -0.2) is 52.0 Å². The van der Waals surface area contributed by atoms with E-state index in [4.69, 9.17) is 9.47 Å². The molecule has 0 saturated heterocycles. The number of aromatic nitrogens is 2. The maximum absolute atomic E-state index is 12.7. The Kier molecular flexibility index (Phi) is 5.67. The van der Waals surface area contributed by atoms with Crippen molar-refractivity contribution < 1.29 is 24.2 Å². The molecule has 0 saturated carbocycles. The van der Waals surface area contributed by atoms with Crippen molar-refractivity contribution in [3.8, 4) is 11.5 Å². The van der Waals surface area contributed by atoms with E-state index in [2.05, 4.69) is 4.98 Å². The standard InChI is InChI=1S/C20H23N3O5/c1-13(24)17-18(15-6-5-14(27-2)11-16(15)28-3)23(20(26)19(17)25)9-4-8-22-10-7-21-12-22/h5-7,10-12,18,25H,4,8-9H2,1-3H3. The molecule has 0 bridgehead atoms. The highest BCUT2D eigenvalue weighted by atomic mass is 16.5. The molecule has 1 N–H and O–H groups in total. The molecule has 0 fully saturated rings. The summed E-state index contributed by atoms with van der Waals surface area (Å²) in [5, 5.41) is 10.4. The molecule has 0 spiro atoms. The Balaban J connectivity index is 1.94. The second kappa shape index (κ2) is 8.16. The minimum atomic E-state index is -0.714. The smallest absolute Gasteiger partial charge is 0.290 e. The number of methoxy groups -OCH3 is 2. The first kappa shape index (κ1) is 19.5. The number of nitrogens with zero attached hydrogens (tertiary/aromatic N) is 3. The Labute approximate surface area is 163 Å². The number of Topliss-reactive ketones (excluding diaryl/α,β-unsaturated/α-hetero) is 1. The summed E-state index contributed by atoms with van der Waals surface area (Å²) >= 11 is 0. The molecule has 0 aliphatic carbocycles. The van der Waals surface area contributed by atoms with E-state index in [0.29, 0.717) is 36.6 Å². The van der Waals surface area contributed by atoms with E-state index in [0.717, 1.165) is 0 Å². The largest absolute Gasteiger partial charge is 0.503 e. The normalized spacial score (nSPS) is 16.6. The second-order valence-electron chi connectivity index (χ2n) is 6.48. The summed E-state index contributed by atoms with van der Waals surface area (Å²) in [5.41, 5.74) is 0.699. The summed E-state index contributed by atoms with van der Waals surface area (Å²) in [6.07, 6.45) is 5.86. The van der Waals surface area contributed by atoms with E-state index < -0.39 is 17.7 Å². The van der Waals surface area contributed by atoms with Gasteiger partial charge in [-0.05, 0) is 25.5 Å². The number of imidazole rings is 1. The first-order valence-corrected chi connectivity index (χ1v) is 8.90. The molecule has 1 atom stereocenters. The predicted octanol–water partition coefficient (Wildman–Crippen LogP) is 2.28. The van der Waals surface area contributed by atoms with Crippen LogP contribution in [0.4, 0.5) is 0 Å². The van der Waals surface area contributed by atoms with Crippen molar-refractivity contribution in [2.75, 3.05) is 20.8 Å². The minimum absolute atomic E-state index is 0.0797. The molecular formula is C20H23N3O5. The first-order valence-electron chi connectivity index (χ1n) is 8.90. The van der Waals surface area contributed by atoms with Gasteiger partial charge in [0.25, 0.3) is 5.91 Å². The van der Waals surface area contributed by atoms with Crippen molar-refractivity contribution in [1.29, 1.82) is 0 Å². The summed E-state index contributed by atoms with van der Waals surface area (Å²) in [7, 11) is 3.05. The van der Waals surface area contributed by atoms with Gasteiger partial charge in [0, 0.05) is 37.1 Å². The number of aryl methyl sites for hydroxylation is 1. The molecular weight excluding hydrogens is 362 g/mol. The van der Waals surface area contributed by atoms with Crippen LogP contribution >= 0.6 is 0 Å². The fourth-order valence-corrected chi connectivity index (χ4v) is 3.45. The maximum Gasteiger partial charge on any atom is 0.290 e. The molecule has 148 valence electrons. The number of hydrogen-bond acceptors (Lipinski definition) is 6. The average molecular weight is 385 g/mol. The van der Waals surface area contributed by atoms with Gasteiger partial charge in [0.1, 0.15) is 11.5 Å². The van der Waals surface area contributed by atoms with Gasteiger partial charge in [-0.3, -0.25) is 9.59 Å². The molecule has 8 heteroatoms. The van der Waals surface area contributed by atoms with Crippen LogP contribution in [0, 0.1) is 0 Å². The zero-order valence-corrected chi connectivity index (χ0v) is 16.1. The third-order valence-corrected chi connectivity index (χ3v) is 4.79. The zero-order valence-electron chi connectivity index (χ0n) is 16.1. The van der Waals surface area contributed by atoms with Crippen molar-refractivity contribution in [2.45, 2.75) is 25.9 Å². The lowest BCUT2D eigenvalue weighted by Crippen LogP contribution is -2.32. The van der Waals surface area contributed by atoms with E-state index >= 15 is 0 Å². The third-order valence-electron chi connectivity index (χ3n) is 4.79. The Bertz CT molecular complexity index is 905. The Morgan fingerprint density at radius 3 is 2.64 bits per heavy atom. The van der Waals surface area contributed by atoms with E-state index in [1.807, 2.05) is 10.8 Å². The van der Waals surface area contributed by atoms with Crippen LogP contribution in [0.25, 0.3) is 0 Å². The monoisotopic (exact) mass is 385 g/mol. The van der Waals surface area contributed by atoms with Crippen LogP contribution in [-0.2, 0) is 16.1 Å². The number of benzene rings is 1. The highest BCUT2D eigenvalue weighted by molar-refractivity contribution is 6.08. The lowest BCUT2D eigenvalue weighted by atomic mass is 9.95. The first-order chi connectivity index (χ1) is 13.5. The van der Waals surface area contributed by atoms with E-state index in [1.54, 1.807) is 37.8 Å². The van der Waals surface area contributed by atoms with Gasteiger partial charge in [-0.25, -0.2) is 4.98 Å². The third kappa shape index (κ3) is 3.58. The van der Waals surface area contributed by atoms with Crippen molar-refractivity contribution >= 4 is 11.7 Å². The molecule has 0 radical (unpaired) electrons. The van der Waals surface area contributed by atoms with Gasteiger partial charge in [-0.1, -0.05) is 0 Å². The number of rotatable bonds is 8. The molecule has 28 heavy (non-hydrogen) atoms. The average Bonchev–Trinajstić information content (AvgIpc) is 3.29. The Hall–Kier alpha value is -3.29. The number of aliphatic hydroxyl groups excluding tert-OH is 1. The number of aliphatic hydroxyl groups is 1. The maximum atomic E-state index is 12.7. The number of ether oxygens (including phenoxy) is 2. The zero-order chi connectivity index (χ0) is 20.3. The number of ketones is 1. The molecule has 8 nitrogen and oxygen atoms in total. The Morgan fingerprint density at radius 1 is 1.25 bits per heavy atom. The van der Waals surface area contributed by atoms with Crippen LogP contribution in [0.5, 0.6) is 11.5 Å². The van der Waals surface area contributed by atoms with Crippen molar-refractivity contribution in [3.63, 3.8) is 0 Å². The Morgan fingerprint density at radius 2 is 2.04 bits per heavy atom. The fourth-order valence-electron chi connectivity index (χ4n) is 3.45. The van der Waals surface area contributed by atoms with Crippen LogP contribution in [0.1, 0.15) is 24.9 Å². The molecule has 1 aromatic carbocycles. The van der Waals surface area contributed by atoms with Crippen molar-refractivity contribution in [2.24, 2.45) is 0 Å². The summed E-state index contributed by atoms with van der Waals surface area (Å²) < 4.78 is 12.6. The highest BCUT2D eigenvalue weighted by Gasteiger charge is 2.43. The number of carbonyl (C=O) groups is 2. The van der Waals surface area contributed by atoms with Gasteiger partial charge in [0.15, 0.2) is 11.5 Å². The predicted molar refractivity (Wildman–Crippen MR) is 101 cm³/mol. The van der Waals surface area contributed by atoms with Gasteiger partial charge >= 0.3 is 0 Å². The minimum Gasteiger partial charge on any atom is -0.503 e. The molecule has 2 heterocycles. The number of hydrogen-bond donors (Lipinski definition) is 1. The number of amides is 1. The van der Waals surface area contributed by atoms with Gasteiger partial charge in [0.2, 0.25) is 0 Å². The van der Waals surface area contributed by atoms with Crippen LogP contribution < -0.4 is 9.47 Å². The molecule has 1 aliphatic rings. The summed E-state index contributed by atoms with van der Waals surface area (Å²) in [4.78, 5) is 30.4. The van der Waals surface area contributed by atoms with Gasteiger partial charge in [0.05, 0.1) is 32.2 Å². The lowest BCUT2D eigenvalue weighted by Gasteiger charge is -2.28. The molecule has 1 aliphatic heterocycles. The van der Waals surface area contributed by atoms with Gasteiger partial charge in [-0.2, -0.15) is 0 Å². The molecule has 3 rings (SSSR count). The fraction of sp³-hybridized carbons (Fsp3) is 0.350. The summed E-state index contributed by atoms with van der Waals surface area (Å²) in [6, 6.07) is 4.46. The van der Waals surface area contributed by atoms with E-state index in [9.17, 15) is 14.7 Å². The summed E-state index contributed by atoms with van der Waals surface area (Å²) in [6.45, 7) is 2.36. The molecule has 1 unspecified atom stereocenters. The quantitative estimate of drug-likeness (QED) is 0.749. The van der Waals surface area contributed by atoms with E-state index in [-0.39, 0.29) is 11.4 Å². The molecule has 1 aromatic heterocycles. The van der Waals surface area contributed by atoms with Gasteiger partial charge in [-0.15, -0.1) is 0 Å².